The Morgan fingerprint density at radius 3 is 2.17 bits per heavy atom. The standard InChI is InChI=1S/C28H29Cl3N2O2S/c1-19(2)32-28(35)26(15-20-8-4-3-5-9-20)33(16-23-24(30)12-7-13-25(23)31)27(34)18-36-17-21-10-6-11-22(29)14-21/h3-14,19,26H,15-18H2,1-2H3,(H,32,35)/t26-/m0/s1. The lowest BCUT2D eigenvalue weighted by Gasteiger charge is -2.32. The molecule has 2 amide bonds. The van der Waals surface area contributed by atoms with E-state index in [2.05, 4.69) is 5.32 Å². The van der Waals surface area contributed by atoms with Gasteiger partial charge in [-0.15, -0.1) is 11.8 Å². The van der Waals surface area contributed by atoms with Crippen LogP contribution in [-0.2, 0) is 28.3 Å². The highest BCUT2D eigenvalue weighted by molar-refractivity contribution is 7.99. The quantitative estimate of drug-likeness (QED) is 0.272. The van der Waals surface area contributed by atoms with Crippen molar-refractivity contribution in [2.24, 2.45) is 0 Å². The Morgan fingerprint density at radius 2 is 1.53 bits per heavy atom. The van der Waals surface area contributed by atoms with Crippen LogP contribution < -0.4 is 5.32 Å². The Hall–Kier alpha value is -2.18. The van der Waals surface area contributed by atoms with Crippen LogP contribution in [0.25, 0.3) is 0 Å². The monoisotopic (exact) mass is 562 g/mol. The molecular formula is C28H29Cl3N2O2S. The maximum atomic E-state index is 13.7. The fourth-order valence-electron chi connectivity index (χ4n) is 3.75. The van der Waals surface area contributed by atoms with Gasteiger partial charge in [-0.25, -0.2) is 0 Å². The molecule has 0 aromatic heterocycles. The minimum Gasteiger partial charge on any atom is -0.352 e. The van der Waals surface area contributed by atoms with Crippen molar-refractivity contribution in [2.45, 2.75) is 44.6 Å². The van der Waals surface area contributed by atoms with E-state index in [9.17, 15) is 9.59 Å². The van der Waals surface area contributed by atoms with Crippen LogP contribution in [0.3, 0.4) is 0 Å². The van der Waals surface area contributed by atoms with Gasteiger partial charge in [0.2, 0.25) is 11.8 Å². The van der Waals surface area contributed by atoms with Gasteiger partial charge in [0.25, 0.3) is 0 Å². The third-order valence-corrected chi connectivity index (χ3v) is 7.41. The summed E-state index contributed by atoms with van der Waals surface area (Å²) in [5, 5.41) is 4.54. The second-order valence-electron chi connectivity index (χ2n) is 8.71. The van der Waals surface area contributed by atoms with E-state index in [1.807, 2.05) is 68.4 Å². The molecule has 36 heavy (non-hydrogen) atoms. The van der Waals surface area contributed by atoms with E-state index in [1.54, 1.807) is 23.1 Å². The Kier molecular flexibility index (Phi) is 11.0. The molecule has 3 aromatic rings. The maximum Gasteiger partial charge on any atom is 0.243 e. The lowest BCUT2D eigenvalue weighted by atomic mass is 10.0. The van der Waals surface area contributed by atoms with Crippen LogP contribution in [0.15, 0.2) is 72.8 Å². The first-order valence-corrected chi connectivity index (χ1v) is 13.9. The molecule has 0 fully saturated rings. The first kappa shape index (κ1) is 28.4. The number of hydrogen-bond donors (Lipinski definition) is 1. The Balaban J connectivity index is 1.89. The predicted octanol–water partition coefficient (Wildman–Crippen LogP) is 7.04. The van der Waals surface area contributed by atoms with Gasteiger partial charge in [-0.05, 0) is 49.2 Å². The zero-order valence-electron chi connectivity index (χ0n) is 20.2. The predicted molar refractivity (Wildman–Crippen MR) is 152 cm³/mol. The summed E-state index contributed by atoms with van der Waals surface area (Å²) in [6.45, 7) is 3.92. The number of hydrogen-bond acceptors (Lipinski definition) is 3. The second kappa shape index (κ2) is 13.9. The molecule has 8 heteroatoms. The molecule has 1 atom stereocenters. The fraction of sp³-hybridized carbons (Fsp3) is 0.286. The van der Waals surface area contributed by atoms with Crippen molar-refractivity contribution in [3.05, 3.63) is 105 Å². The number of thioether (sulfide) groups is 1. The Morgan fingerprint density at radius 1 is 0.889 bits per heavy atom. The van der Waals surface area contributed by atoms with Crippen LogP contribution in [-0.4, -0.2) is 34.6 Å². The summed E-state index contributed by atoms with van der Waals surface area (Å²) in [4.78, 5) is 28.7. The molecule has 3 aromatic carbocycles. The van der Waals surface area contributed by atoms with Gasteiger partial charge in [0.15, 0.2) is 0 Å². The van der Waals surface area contributed by atoms with E-state index in [1.165, 1.54) is 11.8 Å². The van der Waals surface area contributed by atoms with Gasteiger partial charge in [0.05, 0.1) is 5.75 Å². The summed E-state index contributed by atoms with van der Waals surface area (Å²) in [7, 11) is 0. The minimum atomic E-state index is -0.735. The van der Waals surface area contributed by atoms with Crippen LogP contribution in [0.1, 0.15) is 30.5 Å². The number of carbonyl (C=O) groups excluding carboxylic acids is 2. The highest BCUT2D eigenvalue weighted by Gasteiger charge is 2.31. The van der Waals surface area contributed by atoms with Crippen molar-refractivity contribution >= 4 is 58.4 Å². The minimum absolute atomic E-state index is 0.0752. The van der Waals surface area contributed by atoms with Gasteiger partial charge in [-0.1, -0.05) is 83.3 Å². The smallest absolute Gasteiger partial charge is 0.243 e. The van der Waals surface area contributed by atoms with Gasteiger partial charge >= 0.3 is 0 Å². The summed E-state index contributed by atoms with van der Waals surface area (Å²) in [6, 6.07) is 21.6. The maximum absolute atomic E-state index is 13.7. The van der Waals surface area contributed by atoms with Crippen LogP contribution in [0, 0.1) is 0 Å². The van der Waals surface area contributed by atoms with Crippen molar-refractivity contribution in [1.82, 2.24) is 10.2 Å². The molecule has 0 heterocycles. The van der Waals surface area contributed by atoms with Crippen LogP contribution in [0.4, 0.5) is 0 Å². The van der Waals surface area contributed by atoms with Crippen molar-refractivity contribution in [1.29, 1.82) is 0 Å². The topological polar surface area (TPSA) is 49.4 Å². The van der Waals surface area contributed by atoms with Crippen molar-refractivity contribution in [3.63, 3.8) is 0 Å². The second-order valence-corrected chi connectivity index (χ2v) is 10.9. The number of rotatable bonds is 11. The van der Waals surface area contributed by atoms with Gasteiger partial charge in [-0.2, -0.15) is 0 Å². The van der Waals surface area contributed by atoms with Gasteiger partial charge < -0.3 is 10.2 Å². The van der Waals surface area contributed by atoms with Crippen molar-refractivity contribution in [3.8, 4) is 0 Å². The third-order valence-electron chi connectivity index (χ3n) is 5.48. The van der Waals surface area contributed by atoms with Crippen LogP contribution in [0.5, 0.6) is 0 Å². The van der Waals surface area contributed by atoms with Gasteiger partial charge in [0.1, 0.15) is 6.04 Å². The molecule has 0 spiro atoms. The normalized spacial score (nSPS) is 11.8. The number of nitrogens with zero attached hydrogens (tertiary/aromatic N) is 1. The number of nitrogens with one attached hydrogen (secondary N) is 1. The highest BCUT2D eigenvalue weighted by atomic mass is 35.5. The van der Waals surface area contributed by atoms with Crippen molar-refractivity contribution in [2.75, 3.05) is 5.75 Å². The average molecular weight is 564 g/mol. The molecule has 190 valence electrons. The van der Waals surface area contributed by atoms with E-state index < -0.39 is 6.04 Å². The highest BCUT2D eigenvalue weighted by Crippen LogP contribution is 2.28. The molecule has 4 nitrogen and oxygen atoms in total. The molecule has 0 aliphatic carbocycles. The number of carbonyl (C=O) groups is 2. The summed E-state index contributed by atoms with van der Waals surface area (Å²) >= 11 is 20.5. The number of benzene rings is 3. The van der Waals surface area contributed by atoms with Crippen LogP contribution >= 0.6 is 46.6 Å². The molecule has 0 bridgehead atoms. The first-order valence-electron chi connectivity index (χ1n) is 11.6. The zero-order valence-corrected chi connectivity index (χ0v) is 23.3. The summed E-state index contributed by atoms with van der Waals surface area (Å²) in [6.07, 6.45) is 0.367. The summed E-state index contributed by atoms with van der Waals surface area (Å²) in [5.41, 5.74) is 2.60. The molecule has 0 unspecified atom stereocenters. The largest absolute Gasteiger partial charge is 0.352 e. The first-order chi connectivity index (χ1) is 17.2. The molecule has 1 N–H and O–H groups in total. The SMILES string of the molecule is CC(C)NC(=O)[C@H](Cc1ccccc1)N(Cc1c(Cl)cccc1Cl)C(=O)CSCc1cccc(Cl)c1. The number of halogens is 3. The molecule has 0 aliphatic rings. The molecular weight excluding hydrogens is 535 g/mol. The lowest BCUT2D eigenvalue weighted by Crippen LogP contribution is -2.52. The van der Waals surface area contributed by atoms with E-state index in [4.69, 9.17) is 34.8 Å². The van der Waals surface area contributed by atoms with E-state index in [0.29, 0.717) is 32.8 Å². The molecule has 0 saturated carbocycles. The summed E-state index contributed by atoms with van der Waals surface area (Å²) in [5.74, 6) is 0.423. The van der Waals surface area contributed by atoms with E-state index in [-0.39, 0.29) is 30.2 Å². The molecule has 0 radical (unpaired) electrons. The molecule has 0 aliphatic heterocycles. The third kappa shape index (κ3) is 8.45. The number of amides is 2. The summed E-state index contributed by atoms with van der Waals surface area (Å²) < 4.78 is 0. The fourth-order valence-corrected chi connectivity index (χ4v) is 5.34. The van der Waals surface area contributed by atoms with E-state index in [0.717, 1.165) is 11.1 Å². The van der Waals surface area contributed by atoms with Gasteiger partial charge in [0, 0.05) is 45.4 Å². The lowest BCUT2D eigenvalue weighted by molar-refractivity contribution is -0.139. The Labute approximate surface area is 232 Å². The van der Waals surface area contributed by atoms with E-state index >= 15 is 0 Å². The Bertz CT molecular complexity index is 1150. The van der Waals surface area contributed by atoms with Crippen LogP contribution in [0.2, 0.25) is 15.1 Å². The molecule has 3 rings (SSSR count). The average Bonchev–Trinajstić information content (AvgIpc) is 2.83. The zero-order chi connectivity index (χ0) is 26.1. The molecule has 0 saturated heterocycles. The van der Waals surface area contributed by atoms with Gasteiger partial charge in [-0.3, -0.25) is 9.59 Å². The van der Waals surface area contributed by atoms with Crippen molar-refractivity contribution < 1.29 is 9.59 Å².